The summed E-state index contributed by atoms with van der Waals surface area (Å²) in [5.74, 6) is -5.90. The Bertz CT molecular complexity index is 2250. The first-order valence-electron chi connectivity index (χ1n) is 22.1. The summed E-state index contributed by atoms with van der Waals surface area (Å²) in [6.45, 7) is 7.30. The second-order valence-corrected chi connectivity index (χ2v) is 18.4. The molecule has 0 bridgehead atoms. The van der Waals surface area contributed by atoms with E-state index in [1.165, 1.54) is 37.4 Å². The number of anilines is 6. The van der Waals surface area contributed by atoms with Gasteiger partial charge in [-0.15, -0.1) is 0 Å². The third-order valence-corrected chi connectivity index (χ3v) is 13.7. The number of piperidine rings is 3. The van der Waals surface area contributed by atoms with Crippen LogP contribution in [0, 0.1) is 28.9 Å². The molecule has 4 amide bonds. The Labute approximate surface area is 369 Å². The fourth-order valence-electron chi connectivity index (χ4n) is 10.0. The molecule has 3 aromatic rings. The molecule has 5 aliphatic rings. The van der Waals surface area contributed by atoms with Crippen LogP contribution in [0.5, 0.6) is 5.75 Å². The third kappa shape index (κ3) is 9.40. The number of imide groups is 1. The molecule has 3 saturated heterocycles. The minimum Gasteiger partial charge on any atom is -0.495 e. The molecule has 1 spiro atoms. The smallest absolute Gasteiger partial charge is 0.342 e. The molecule has 344 valence electrons. The van der Waals surface area contributed by atoms with Crippen molar-refractivity contribution < 1.29 is 41.5 Å². The largest absolute Gasteiger partial charge is 0.495 e. The molecular formula is C45H56F4N10O5. The Morgan fingerprint density at radius 3 is 2.34 bits per heavy atom. The lowest BCUT2D eigenvalue weighted by Gasteiger charge is -2.53. The van der Waals surface area contributed by atoms with Crippen LogP contribution in [0.2, 0.25) is 0 Å². The molecule has 5 heterocycles. The van der Waals surface area contributed by atoms with Gasteiger partial charge in [0.15, 0.2) is 17.5 Å². The number of aromatic nitrogens is 2. The predicted octanol–water partition coefficient (Wildman–Crippen LogP) is 5.69. The highest BCUT2D eigenvalue weighted by molar-refractivity contribution is 6.02. The number of carbonyl (C=O) groups is 4. The molecule has 8 rings (SSSR count). The third-order valence-electron chi connectivity index (χ3n) is 13.7. The molecule has 1 aliphatic carbocycles. The molecule has 2 aromatic carbocycles. The van der Waals surface area contributed by atoms with Gasteiger partial charge in [0.1, 0.15) is 23.2 Å². The van der Waals surface area contributed by atoms with Gasteiger partial charge in [-0.2, -0.15) is 13.8 Å². The van der Waals surface area contributed by atoms with Crippen LogP contribution in [0.4, 0.5) is 52.1 Å². The number of nitrogens with one attached hydrogen (secondary N) is 4. The van der Waals surface area contributed by atoms with Crippen LogP contribution >= 0.6 is 0 Å². The SMILES string of the molecule is COc1cc(C(=O)NCC2CC3(CCN(CC4CCN(c5c(F)cc(NC6CCC(=O)NC6=O)cc5F)CC4)CC3)C2)ccc1Nc1ncc2c(n1)N(C(C)C)CC(F)(F)C(=O)N2C. The van der Waals surface area contributed by atoms with Gasteiger partial charge < -0.3 is 40.3 Å². The van der Waals surface area contributed by atoms with Gasteiger partial charge in [-0.25, -0.2) is 13.8 Å². The molecule has 19 heteroatoms. The van der Waals surface area contributed by atoms with Crippen molar-refractivity contribution in [3.05, 3.63) is 53.7 Å². The maximum absolute atomic E-state index is 15.2. The minimum atomic E-state index is -3.61. The molecule has 1 aromatic heterocycles. The first kappa shape index (κ1) is 44.9. The summed E-state index contributed by atoms with van der Waals surface area (Å²) in [6, 6.07) is 6.28. The zero-order chi connectivity index (χ0) is 45.5. The number of ether oxygens (including phenoxy) is 1. The Balaban J connectivity index is 0.771. The number of hydrogen-bond acceptors (Lipinski definition) is 12. The molecule has 15 nitrogen and oxygen atoms in total. The predicted molar refractivity (Wildman–Crippen MR) is 233 cm³/mol. The van der Waals surface area contributed by atoms with Gasteiger partial charge in [0.2, 0.25) is 17.8 Å². The van der Waals surface area contributed by atoms with Crippen molar-refractivity contribution in [2.75, 3.05) is 85.3 Å². The van der Waals surface area contributed by atoms with Crippen LogP contribution in [0.15, 0.2) is 36.5 Å². The summed E-state index contributed by atoms with van der Waals surface area (Å²) in [7, 11) is 2.75. The molecule has 64 heavy (non-hydrogen) atoms. The number of rotatable bonds is 12. The van der Waals surface area contributed by atoms with E-state index in [0.29, 0.717) is 48.5 Å². The van der Waals surface area contributed by atoms with Crippen molar-refractivity contribution in [3.63, 3.8) is 0 Å². The number of likely N-dealkylation sites (tertiary alicyclic amines) is 1. The number of benzene rings is 2. The molecular weight excluding hydrogens is 837 g/mol. The standard InChI is InChI=1S/C45H56F4N10O5/c1-26(2)59-25-45(48,49)42(63)56(3)35-23-51-43(55-39(35)59)53-33-6-5-29(17-36(33)64-4)40(61)50-22-28-20-44(21-28)11-15-57(16-12-44)24-27-9-13-58(14-10-27)38-31(46)18-30(19-32(38)47)52-34-7-8-37(60)54-41(34)62/h5-6,17-19,23,26-28,34,52H,7-16,20-22,24-25H2,1-4H3,(H,50,61)(H,51,53,55)(H,54,60,62). The van der Waals surface area contributed by atoms with E-state index in [0.717, 1.165) is 63.1 Å². The molecule has 4 fully saturated rings. The van der Waals surface area contributed by atoms with E-state index in [2.05, 4.69) is 36.1 Å². The molecule has 4 aliphatic heterocycles. The number of halogens is 4. The van der Waals surface area contributed by atoms with E-state index >= 15 is 8.78 Å². The number of nitrogens with zero attached hydrogens (tertiary/aromatic N) is 6. The second kappa shape index (κ2) is 18.0. The quantitative estimate of drug-likeness (QED) is 0.130. The lowest BCUT2D eigenvalue weighted by molar-refractivity contribution is -0.140. The van der Waals surface area contributed by atoms with Crippen LogP contribution in [-0.2, 0) is 14.4 Å². The lowest BCUT2D eigenvalue weighted by Crippen LogP contribution is -2.50. The number of alkyl halides is 2. The van der Waals surface area contributed by atoms with Crippen LogP contribution in [0.1, 0.15) is 75.6 Å². The Morgan fingerprint density at radius 2 is 1.69 bits per heavy atom. The van der Waals surface area contributed by atoms with Gasteiger partial charge in [0, 0.05) is 56.9 Å². The number of hydrogen-bond donors (Lipinski definition) is 4. The number of methoxy groups -OCH3 is 1. The maximum atomic E-state index is 15.2. The van der Waals surface area contributed by atoms with E-state index < -0.39 is 42.0 Å². The van der Waals surface area contributed by atoms with Gasteiger partial charge in [0.05, 0.1) is 25.5 Å². The van der Waals surface area contributed by atoms with Gasteiger partial charge in [0.25, 0.3) is 11.8 Å². The van der Waals surface area contributed by atoms with E-state index in [-0.39, 0.29) is 64.9 Å². The van der Waals surface area contributed by atoms with Gasteiger partial charge >= 0.3 is 5.92 Å². The van der Waals surface area contributed by atoms with Crippen molar-refractivity contribution in [1.82, 2.24) is 25.5 Å². The summed E-state index contributed by atoms with van der Waals surface area (Å²) >= 11 is 0. The van der Waals surface area contributed by atoms with Crippen LogP contribution in [0.3, 0.4) is 0 Å². The summed E-state index contributed by atoms with van der Waals surface area (Å²) in [6.07, 6.45) is 7.73. The lowest BCUT2D eigenvalue weighted by atomic mass is 9.57. The van der Waals surface area contributed by atoms with Crippen molar-refractivity contribution in [1.29, 1.82) is 0 Å². The Morgan fingerprint density at radius 1 is 0.984 bits per heavy atom. The highest BCUT2D eigenvalue weighted by Gasteiger charge is 2.48. The second-order valence-electron chi connectivity index (χ2n) is 18.4. The van der Waals surface area contributed by atoms with E-state index in [1.54, 1.807) is 36.9 Å². The maximum Gasteiger partial charge on any atom is 0.342 e. The first-order chi connectivity index (χ1) is 30.5. The normalized spacial score (nSPS) is 21.6. The fourth-order valence-corrected chi connectivity index (χ4v) is 10.0. The Kier molecular flexibility index (Phi) is 12.6. The van der Waals surface area contributed by atoms with Crippen LogP contribution < -0.4 is 40.7 Å². The molecule has 1 unspecified atom stereocenters. The van der Waals surface area contributed by atoms with Crippen LogP contribution in [0.25, 0.3) is 0 Å². The number of carbonyl (C=O) groups excluding carboxylic acids is 4. The Hall–Kier alpha value is -5.72. The first-order valence-corrected chi connectivity index (χ1v) is 22.1. The van der Waals surface area contributed by atoms with E-state index in [4.69, 9.17) is 4.74 Å². The van der Waals surface area contributed by atoms with Gasteiger partial charge in [-0.3, -0.25) is 24.5 Å². The van der Waals surface area contributed by atoms with Gasteiger partial charge in [-0.05, 0) is 119 Å². The highest BCUT2D eigenvalue weighted by Crippen LogP contribution is 2.52. The summed E-state index contributed by atoms with van der Waals surface area (Å²) in [5, 5.41) is 11.3. The molecule has 1 atom stereocenters. The molecule has 4 N–H and O–H groups in total. The minimum absolute atomic E-state index is 0.0457. The fraction of sp³-hybridized carbons (Fsp3) is 0.556. The number of fused-ring (bicyclic) bond motifs is 1. The highest BCUT2D eigenvalue weighted by atomic mass is 19.3. The van der Waals surface area contributed by atoms with Gasteiger partial charge in [-0.1, -0.05) is 0 Å². The van der Waals surface area contributed by atoms with Crippen molar-refractivity contribution >= 4 is 58.1 Å². The van der Waals surface area contributed by atoms with E-state index in [9.17, 15) is 28.0 Å². The topological polar surface area (TPSA) is 164 Å². The summed E-state index contributed by atoms with van der Waals surface area (Å²) in [5.41, 5.74) is 1.45. The average Bonchev–Trinajstić information content (AvgIpc) is 3.32. The van der Waals surface area contributed by atoms with Crippen LogP contribution in [-0.4, -0.2) is 116 Å². The summed E-state index contributed by atoms with van der Waals surface area (Å²) in [4.78, 5) is 64.7. The summed E-state index contributed by atoms with van der Waals surface area (Å²) < 4.78 is 65.6. The van der Waals surface area contributed by atoms with E-state index in [1.807, 2.05) is 0 Å². The number of amides is 4. The van der Waals surface area contributed by atoms with Crippen molar-refractivity contribution in [2.45, 2.75) is 83.2 Å². The zero-order valence-electron chi connectivity index (χ0n) is 36.6. The monoisotopic (exact) mass is 892 g/mol. The van der Waals surface area contributed by atoms with Crippen molar-refractivity contribution in [3.8, 4) is 5.75 Å². The zero-order valence-corrected chi connectivity index (χ0v) is 36.6. The molecule has 1 saturated carbocycles. The van der Waals surface area contributed by atoms with Crippen molar-refractivity contribution in [2.24, 2.45) is 17.3 Å². The molecule has 0 radical (unpaired) electrons. The average molecular weight is 893 g/mol.